The van der Waals surface area contributed by atoms with Gasteiger partial charge in [-0.1, -0.05) is 36.4 Å². The predicted molar refractivity (Wildman–Crippen MR) is 113 cm³/mol. The lowest BCUT2D eigenvalue weighted by molar-refractivity contribution is -0.140. The molecule has 0 atom stereocenters. The maximum atomic E-state index is 12.7. The maximum absolute atomic E-state index is 12.7. The molecule has 8 heteroatoms. The van der Waals surface area contributed by atoms with Gasteiger partial charge in [-0.2, -0.15) is 4.31 Å². The molecule has 1 aliphatic heterocycles. The van der Waals surface area contributed by atoms with E-state index in [1.54, 1.807) is 18.2 Å². The molecule has 5 nitrogen and oxygen atoms in total. The van der Waals surface area contributed by atoms with E-state index in [1.807, 2.05) is 36.4 Å². The van der Waals surface area contributed by atoms with Gasteiger partial charge in [0.25, 0.3) is 10.0 Å². The molecule has 0 unspecified atom stereocenters. The molecule has 0 spiro atoms. The van der Waals surface area contributed by atoms with Crippen LogP contribution in [0.25, 0.3) is 10.8 Å². The molecular formula is C20H18BrNO4S2. The Bertz CT molecular complexity index is 1110. The van der Waals surface area contributed by atoms with Gasteiger partial charge >= 0.3 is 5.97 Å². The summed E-state index contributed by atoms with van der Waals surface area (Å²) < 4.78 is 33.6. The summed E-state index contributed by atoms with van der Waals surface area (Å²) in [6.07, 6.45) is 0.907. The first-order chi connectivity index (χ1) is 13.4. The van der Waals surface area contributed by atoms with Gasteiger partial charge in [-0.25, -0.2) is 8.42 Å². The fourth-order valence-electron chi connectivity index (χ4n) is 3.37. The molecule has 3 aromatic rings. The van der Waals surface area contributed by atoms with Crippen LogP contribution in [0.3, 0.4) is 0 Å². The van der Waals surface area contributed by atoms with Crippen LogP contribution in [-0.4, -0.2) is 31.8 Å². The highest BCUT2D eigenvalue weighted by Gasteiger charge is 2.33. The van der Waals surface area contributed by atoms with Crippen molar-refractivity contribution in [1.82, 2.24) is 4.31 Å². The second-order valence-corrected chi connectivity index (χ2v) is 11.3. The first-order valence-corrected chi connectivity index (χ1v) is 11.9. The summed E-state index contributed by atoms with van der Waals surface area (Å²) in [5, 5.41) is 1.90. The number of hydrogen-bond acceptors (Lipinski definition) is 5. The zero-order valence-electron chi connectivity index (χ0n) is 14.9. The Balaban J connectivity index is 1.43. The highest BCUT2D eigenvalue weighted by molar-refractivity contribution is 9.11. The van der Waals surface area contributed by atoms with Crippen molar-refractivity contribution in [2.75, 3.05) is 13.1 Å². The van der Waals surface area contributed by atoms with Crippen molar-refractivity contribution in [3.05, 3.63) is 58.4 Å². The van der Waals surface area contributed by atoms with E-state index >= 15 is 0 Å². The summed E-state index contributed by atoms with van der Waals surface area (Å²) >= 11 is 4.49. The van der Waals surface area contributed by atoms with E-state index in [-0.39, 0.29) is 11.9 Å². The second-order valence-electron chi connectivity index (χ2n) is 6.64. The third-order valence-corrected chi connectivity index (χ3v) is 8.88. The van der Waals surface area contributed by atoms with Crippen LogP contribution in [0.1, 0.15) is 12.8 Å². The molecule has 0 N–H and O–H groups in total. The summed E-state index contributed by atoms with van der Waals surface area (Å²) in [6.45, 7) is 0.625. The van der Waals surface area contributed by atoms with E-state index in [2.05, 4.69) is 15.9 Å². The number of carbonyl (C=O) groups is 1. The minimum atomic E-state index is -3.51. The van der Waals surface area contributed by atoms with Crippen molar-refractivity contribution in [3.8, 4) is 5.75 Å². The fourth-order valence-corrected chi connectivity index (χ4v) is 7.01. The van der Waals surface area contributed by atoms with Crippen LogP contribution < -0.4 is 4.74 Å². The van der Waals surface area contributed by atoms with Crippen molar-refractivity contribution in [2.45, 2.75) is 17.1 Å². The Morgan fingerprint density at radius 1 is 1.04 bits per heavy atom. The number of hydrogen-bond donors (Lipinski definition) is 0. The normalized spacial score (nSPS) is 16.3. The lowest BCUT2D eigenvalue weighted by Gasteiger charge is -2.29. The number of ether oxygens (including phenoxy) is 1. The van der Waals surface area contributed by atoms with Gasteiger partial charge in [-0.05, 0) is 52.4 Å². The van der Waals surface area contributed by atoms with Gasteiger partial charge in [0.2, 0.25) is 0 Å². The minimum absolute atomic E-state index is 0.299. The summed E-state index contributed by atoms with van der Waals surface area (Å²) in [5.41, 5.74) is 0. The van der Waals surface area contributed by atoms with Crippen LogP contribution in [0.4, 0.5) is 0 Å². The summed E-state index contributed by atoms with van der Waals surface area (Å²) in [6, 6.07) is 16.7. The van der Waals surface area contributed by atoms with Gasteiger partial charge in [-0.15, -0.1) is 11.3 Å². The molecule has 0 amide bonds. The Morgan fingerprint density at radius 2 is 1.75 bits per heavy atom. The van der Waals surface area contributed by atoms with E-state index < -0.39 is 10.0 Å². The first-order valence-electron chi connectivity index (χ1n) is 8.90. The predicted octanol–water partition coefficient (Wildman–Crippen LogP) is 4.67. The third-order valence-electron chi connectivity index (χ3n) is 4.89. The van der Waals surface area contributed by atoms with E-state index in [9.17, 15) is 13.2 Å². The number of halogens is 1. The van der Waals surface area contributed by atoms with Crippen molar-refractivity contribution in [1.29, 1.82) is 0 Å². The number of esters is 1. The SMILES string of the molecule is O=C(Oc1cccc2ccccc12)C1CCN(S(=O)(=O)c2ccc(Br)s2)CC1. The number of sulfonamides is 1. The summed E-state index contributed by atoms with van der Waals surface area (Å²) in [4.78, 5) is 12.6. The van der Waals surface area contributed by atoms with Crippen molar-refractivity contribution >= 4 is 54.0 Å². The third kappa shape index (κ3) is 3.87. The molecule has 1 saturated heterocycles. The topological polar surface area (TPSA) is 63.7 Å². The number of thiophene rings is 1. The van der Waals surface area contributed by atoms with Crippen LogP contribution in [0.5, 0.6) is 5.75 Å². The van der Waals surface area contributed by atoms with Crippen molar-refractivity contribution in [2.24, 2.45) is 5.92 Å². The molecule has 2 aromatic carbocycles. The molecule has 0 saturated carbocycles. The number of benzene rings is 2. The molecule has 1 aromatic heterocycles. The molecule has 146 valence electrons. The minimum Gasteiger partial charge on any atom is -0.426 e. The van der Waals surface area contributed by atoms with Crippen molar-refractivity contribution < 1.29 is 17.9 Å². The van der Waals surface area contributed by atoms with Crippen LogP contribution in [0.15, 0.2) is 62.6 Å². The number of fused-ring (bicyclic) bond motifs is 1. The van der Waals surface area contributed by atoms with Gasteiger partial charge in [0.1, 0.15) is 9.96 Å². The largest absolute Gasteiger partial charge is 0.426 e. The van der Waals surface area contributed by atoms with E-state index in [4.69, 9.17) is 4.74 Å². The molecule has 4 rings (SSSR count). The van der Waals surface area contributed by atoms with Crippen molar-refractivity contribution in [3.63, 3.8) is 0 Å². The average Bonchev–Trinajstić information content (AvgIpc) is 3.15. The fraction of sp³-hybridized carbons (Fsp3) is 0.250. The Hall–Kier alpha value is -1.74. The van der Waals surface area contributed by atoms with Gasteiger partial charge < -0.3 is 4.74 Å². The molecule has 2 heterocycles. The van der Waals surface area contributed by atoms with Crippen LogP contribution in [0, 0.1) is 5.92 Å². The molecule has 0 aliphatic carbocycles. The highest BCUT2D eigenvalue weighted by atomic mass is 79.9. The van der Waals surface area contributed by atoms with Gasteiger partial charge in [-0.3, -0.25) is 4.79 Å². The highest BCUT2D eigenvalue weighted by Crippen LogP contribution is 2.32. The van der Waals surface area contributed by atoms with E-state index in [0.29, 0.717) is 35.9 Å². The number of piperidine rings is 1. The van der Waals surface area contributed by atoms with Gasteiger partial charge in [0.05, 0.1) is 9.70 Å². The maximum Gasteiger partial charge on any atom is 0.314 e. The lowest BCUT2D eigenvalue weighted by Crippen LogP contribution is -2.40. The van der Waals surface area contributed by atoms with Crippen LogP contribution in [-0.2, 0) is 14.8 Å². The number of rotatable bonds is 4. The molecule has 0 bridgehead atoms. The standard InChI is InChI=1S/C20H18BrNO4S2/c21-18-8-9-19(27-18)28(24,25)22-12-10-15(11-13-22)20(23)26-17-7-3-5-14-4-1-2-6-16(14)17/h1-9,15H,10-13H2. The average molecular weight is 480 g/mol. The van der Waals surface area contributed by atoms with E-state index in [1.165, 1.54) is 15.6 Å². The van der Waals surface area contributed by atoms with Gasteiger partial charge in [0, 0.05) is 18.5 Å². The Labute approximate surface area is 176 Å². The molecule has 28 heavy (non-hydrogen) atoms. The molecule has 0 radical (unpaired) electrons. The smallest absolute Gasteiger partial charge is 0.314 e. The lowest BCUT2D eigenvalue weighted by atomic mass is 9.98. The van der Waals surface area contributed by atoms with E-state index in [0.717, 1.165) is 14.6 Å². The molecule has 1 aliphatic rings. The molecular weight excluding hydrogens is 462 g/mol. The van der Waals surface area contributed by atoms with Crippen LogP contribution >= 0.6 is 27.3 Å². The summed E-state index contributed by atoms with van der Waals surface area (Å²) in [7, 11) is -3.51. The zero-order chi connectivity index (χ0) is 19.7. The monoisotopic (exact) mass is 479 g/mol. The van der Waals surface area contributed by atoms with Gasteiger partial charge in [0.15, 0.2) is 0 Å². The summed E-state index contributed by atoms with van der Waals surface area (Å²) in [5.74, 6) is -0.0608. The second kappa shape index (κ2) is 7.94. The zero-order valence-corrected chi connectivity index (χ0v) is 18.1. The first kappa shape index (κ1) is 19.6. The number of nitrogens with zero attached hydrogens (tertiary/aromatic N) is 1. The Kier molecular flexibility index (Phi) is 5.55. The van der Waals surface area contributed by atoms with Crippen LogP contribution in [0.2, 0.25) is 0 Å². The quantitative estimate of drug-likeness (QED) is 0.402. The number of carbonyl (C=O) groups excluding carboxylic acids is 1. The Morgan fingerprint density at radius 3 is 2.46 bits per heavy atom. The molecule has 1 fully saturated rings.